The maximum atomic E-state index is 5.79. The van der Waals surface area contributed by atoms with E-state index in [1.165, 1.54) is 18.4 Å². The standard InChI is InChI=1S/C23H38N4O4.HI/c1-24-23(26(2)9-12-31-17-18-5-6-18)25-16-20(27-10-13-30-14-11-27)19-7-8-21(28-3)22(15-19)29-4;/h7-8,15,18,20H,5-6,9-14,16-17H2,1-4H3,(H,24,25);1H. The average Bonchev–Trinajstić information content (AvgIpc) is 3.64. The number of nitrogens with zero attached hydrogens (tertiary/aromatic N) is 3. The lowest BCUT2D eigenvalue weighted by molar-refractivity contribution is 0.0168. The van der Waals surface area contributed by atoms with E-state index in [4.69, 9.17) is 18.9 Å². The first-order chi connectivity index (χ1) is 15.2. The Labute approximate surface area is 209 Å². The summed E-state index contributed by atoms with van der Waals surface area (Å²) in [6.07, 6.45) is 2.64. The topological polar surface area (TPSA) is 67.8 Å². The molecule has 1 aromatic rings. The van der Waals surface area contributed by atoms with Gasteiger partial charge in [0.05, 0.1) is 40.1 Å². The summed E-state index contributed by atoms with van der Waals surface area (Å²) in [7, 11) is 7.21. The van der Waals surface area contributed by atoms with E-state index in [0.29, 0.717) is 0 Å². The molecule has 1 N–H and O–H groups in total. The van der Waals surface area contributed by atoms with Gasteiger partial charge in [0.15, 0.2) is 17.5 Å². The van der Waals surface area contributed by atoms with E-state index in [1.54, 1.807) is 14.2 Å². The molecule has 1 saturated carbocycles. The van der Waals surface area contributed by atoms with Gasteiger partial charge in [-0.3, -0.25) is 9.89 Å². The van der Waals surface area contributed by atoms with Crippen molar-refractivity contribution in [3.8, 4) is 11.5 Å². The van der Waals surface area contributed by atoms with E-state index >= 15 is 0 Å². The van der Waals surface area contributed by atoms with E-state index < -0.39 is 0 Å². The zero-order valence-corrected chi connectivity index (χ0v) is 22.2. The van der Waals surface area contributed by atoms with Crippen LogP contribution in [-0.4, -0.2) is 96.7 Å². The lowest BCUT2D eigenvalue weighted by Gasteiger charge is -2.36. The fourth-order valence-electron chi connectivity index (χ4n) is 3.82. The monoisotopic (exact) mass is 562 g/mol. The minimum atomic E-state index is 0. The Kier molecular flexibility index (Phi) is 11.8. The minimum Gasteiger partial charge on any atom is -0.493 e. The number of nitrogens with one attached hydrogen (secondary N) is 1. The zero-order valence-electron chi connectivity index (χ0n) is 19.8. The number of ether oxygens (including phenoxy) is 4. The van der Waals surface area contributed by atoms with Crippen LogP contribution in [0.15, 0.2) is 23.2 Å². The van der Waals surface area contributed by atoms with E-state index in [2.05, 4.69) is 39.3 Å². The smallest absolute Gasteiger partial charge is 0.193 e. The molecule has 1 heterocycles. The number of morpholine rings is 1. The quantitative estimate of drug-likeness (QED) is 0.193. The van der Waals surface area contributed by atoms with Gasteiger partial charge in [0.1, 0.15) is 0 Å². The van der Waals surface area contributed by atoms with Crippen LogP contribution in [0.3, 0.4) is 0 Å². The molecule has 1 unspecified atom stereocenters. The van der Waals surface area contributed by atoms with Crippen molar-refractivity contribution in [2.75, 3.05) is 80.9 Å². The summed E-state index contributed by atoms with van der Waals surface area (Å²) in [5, 5.41) is 3.56. The Balaban J connectivity index is 0.00000363. The Morgan fingerprint density at radius 2 is 1.94 bits per heavy atom. The van der Waals surface area contributed by atoms with Crippen LogP contribution < -0.4 is 14.8 Å². The Morgan fingerprint density at radius 1 is 1.22 bits per heavy atom. The summed E-state index contributed by atoms with van der Waals surface area (Å²) in [6.45, 7) is 6.43. The molecule has 0 spiro atoms. The number of halogens is 1. The van der Waals surface area contributed by atoms with Crippen molar-refractivity contribution >= 4 is 29.9 Å². The number of hydrogen-bond donors (Lipinski definition) is 1. The van der Waals surface area contributed by atoms with Gasteiger partial charge in [-0.05, 0) is 36.5 Å². The molecule has 1 saturated heterocycles. The highest BCUT2D eigenvalue weighted by molar-refractivity contribution is 14.0. The second kappa shape index (κ2) is 14.1. The maximum Gasteiger partial charge on any atom is 0.193 e. The number of guanidine groups is 1. The summed E-state index contributed by atoms with van der Waals surface area (Å²) in [5.41, 5.74) is 1.18. The molecule has 32 heavy (non-hydrogen) atoms. The van der Waals surface area contributed by atoms with Crippen molar-refractivity contribution in [1.82, 2.24) is 15.1 Å². The highest BCUT2D eigenvalue weighted by atomic mass is 127. The largest absolute Gasteiger partial charge is 0.493 e. The number of aliphatic imine (C=N–C) groups is 1. The molecular weight excluding hydrogens is 523 g/mol. The van der Waals surface area contributed by atoms with E-state index in [1.807, 2.05) is 13.1 Å². The lowest BCUT2D eigenvalue weighted by Crippen LogP contribution is -2.47. The van der Waals surface area contributed by atoms with Gasteiger partial charge in [0.25, 0.3) is 0 Å². The number of rotatable bonds is 11. The molecule has 0 bridgehead atoms. The van der Waals surface area contributed by atoms with Crippen molar-refractivity contribution < 1.29 is 18.9 Å². The third-order valence-electron chi connectivity index (χ3n) is 5.93. The highest BCUT2D eigenvalue weighted by Crippen LogP contribution is 2.32. The van der Waals surface area contributed by atoms with Gasteiger partial charge in [-0.15, -0.1) is 24.0 Å². The molecule has 2 fully saturated rings. The van der Waals surface area contributed by atoms with Crippen LogP contribution in [0, 0.1) is 5.92 Å². The molecule has 8 nitrogen and oxygen atoms in total. The second-order valence-corrected chi connectivity index (χ2v) is 8.15. The second-order valence-electron chi connectivity index (χ2n) is 8.15. The average molecular weight is 562 g/mol. The summed E-state index contributed by atoms with van der Waals surface area (Å²) in [5.74, 6) is 3.14. The molecule has 1 aromatic carbocycles. The normalized spacial score (nSPS) is 17.9. The molecule has 2 aliphatic rings. The number of hydrogen-bond acceptors (Lipinski definition) is 6. The predicted octanol–water partition coefficient (Wildman–Crippen LogP) is 2.63. The van der Waals surface area contributed by atoms with Crippen LogP contribution >= 0.6 is 24.0 Å². The first-order valence-corrected chi connectivity index (χ1v) is 11.2. The molecular formula is C23H39IN4O4. The van der Waals surface area contributed by atoms with Crippen LogP contribution in [0.5, 0.6) is 11.5 Å². The Morgan fingerprint density at radius 3 is 2.56 bits per heavy atom. The summed E-state index contributed by atoms with van der Waals surface area (Å²) in [4.78, 5) is 9.05. The molecule has 3 rings (SSSR count). The van der Waals surface area contributed by atoms with Crippen molar-refractivity contribution in [3.05, 3.63) is 23.8 Å². The van der Waals surface area contributed by atoms with Gasteiger partial charge in [0, 0.05) is 46.9 Å². The molecule has 0 aromatic heterocycles. The molecule has 0 radical (unpaired) electrons. The minimum absolute atomic E-state index is 0. The number of methoxy groups -OCH3 is 2. The van der Waals surface area contributed by atoms with Crippen molar-refractivity contribution in [3.63, 3.8) is 0 Å². The van der Waals surface area contributed by atoms with Crippen LogP contribution in [0.25, 0.3) is 0 Å². The van der Waals surface area contributed by atoms with E-state index in [-0.39, 0.29) is 30.0 Å². The van der Waals surface area contributed by atoms with E-state index in [0.717, 1.165) is 76.0 Å². The van der Waals surface area contributed by atoms with E-state index in [9.17, 15) is 0 Å². The van der Waals surface area contributed by atoms with Gasteiger partial charge in [-0.1, -0.05) is 6.07 Å². The lowest BCUT2D eigenvalue weighted by atomic mass is 10.0. The zero-order chi connectivity index (χ0) is 22.1. The molecule has 1 aliphatic carbocycles. The maximum absolute atomic E-state index is 5.79. The van der Waals surface area contributed by atoms with Crippen LogP contribution in [0.1, 0.15) is 24.4 Å². The first-order valence-electron chi connectivity index (χ1n) is 11.2. The van der Waals surface area contributed by atoms with Crippen LogP contribution in [0.4, 0.5) is 0 Å². The molecule has 1 aliphatic heterocycles. The predicted molar refractivity (Wildman–Crippen MR) is 138 cm³/mol. The third kappa shape index (κ3) is 7.93. The van der Waals surface area contributed by atoms with Crippen LogP contribution in [-0.2, 0) is 9.47 Å². The van der Waals surface area contributed by atoms with Gasteiger partial charge in [-0.2, -0.15) is 0 Å². The van der Waals surface area contributed by atoms with Crippen molar-refractivity contribution in [2.24, 2.45) is 10.9 Å². The Bertz CT molecular complexity index is 711. The van der Waals surface area contributed by atoms with Crippen molar-refractivity contribution in [2.45, 2.75) is 18.9 Å². The fourth-order valence-corrected chi connectivity index (χ4v) is 3.82. The van der Waals surface area contributed by atoms with Gasteiger partial charge >= 0.3 is 0 Å². The van der Waals surface area contributed by atoms with Crippen molar-refractivity contribution in [1.29, 1.82) is 0 Å². The first kappa shape index (κ1) is 26.9. The molecule has 9 heteroatoms. The molecule has 0 amide bonds. The molecule has 182 valence electrons. The third-order valence-corrected chi connectivity index (χ3v) is 5.93. The Hall–Kier alpha value is -1.30. The SMILES string of the molecule is CN=C(NCC(c1ccc(OC)c(OC)c1)N1CCOCC1)N(C)CCOCC1CC1.I. The van der Waals surface area contributed by atoms with Gasteiger partial charge in [-0.25, -0.2) is 0 Å². The fraction of sp³-hybridized carbons (Fsp3) is 0.696. The summed E-state index contributed by atoms with van der Waals surface area (Å²) >= 11 is 0. The number of likely N-dealkylation sites (N-methyl/N-ethyl adjacent to an activating group) is 1. The highest BCUT2D eigenvalue weighted by Gasteiger charge is 2.25. The summed E-state index contributed by atoms with van der Waals surface area (Å²) < 4.78 is 22.3. The summed E-state index contributed by atoms with van der Waals surface area (Å²) in [6, 6.07) is 6.32. The number of benzene rings is 1. The van der Waals surface area contributed by atoms with Gasteiger partial charge in [0.2, 0.25) is 0 Å². The molecule has 1 atom stereocenters. The van der Waals surface area contributed by atoms with Crippen LogP contribution in [0.2, 0.25) is 0 Å². The van der Waals surface area contributed by atoms with Gasteiger partial charge < -0.3 is 29.2 Å².